The van der Waals surface area contributed by atoms with Gasteiger partial charge in [0.1, 0.15) is 0 Å². The summed E-state index contributed by atoms with van der Waals surface area (Å²) in [5.74, 6) is 5.62. The Morgan fingerprint density at radius 2 is 1.79 bits per heavy atom. The fraction of sp³-hybridized carbons (Fsp3) is 0.926. The molecule has 28 heavy (non-hydrogen) atoms. The zero-order valence-electron chi connectivity index (χ0n) is 19.3. The van der Waals surface area contributed by atoms with Gasteiger partial charge in [-0.25, -0.2) is 0 Å². The molecule has 0 N–H and O–H groups in total. The average Bonchev–Trinajstić information content (AvgIpc) is 2.99. The lowest BCUT2D eigenvalue weighted by molar-refractivity contribution is -0.0498. The second-order valence-electron chi connectivity index (χ2n) is 12.1. The molecule has 1 heteroatoms. The van der Waals surface area contributed by atoms with Gasteiger partial charge in [0.15, 0.2) is 0 Å². The molecule has 3 fully saturated rings. The number of allylic oxidation sites excluding steroid dienone is 2. The van der Waals surface area contributed by atoms with E-state index in [0.29, 0.717) is 16.2 Å². The lowest BCUT2D eigenvalue weighted by Crippen LogP contribution is -2.50. The Hall–Kier alpha value is 0.0300. The zero-order chi connectivity index (χ0) is 20.1. The van der Waals surface area contributed by atoms with Crippen LogP contribution in [-0.2, 0) is 0 Å². The van der Waals surface area contributed by atoms with E-state index in [-0.39, 0.29) is 0 Å². The monoisotopic (exact) mass is 404 g/mol. The normalized spacial score (nSPS) is 46.5. The highest BCUT2D eigenvalue weighted by Gasteiger charge is 2.58. The number of alkyl halides is 1. The van der Waals surface area contributed by atoms with E-state index in [1.54, 1.807) is 5.57 Å². The maximum Gasteiger partial charge on any atom is 0.0373 e. The largest absolute Gasteiger partial charge is 0.123 e. The molecule has 8 atom stereocenters. The van der Waals surface area contributed by atoms with Crippen molar-refractivity contribution in [1.29, 1.82) is 0 Å². The Balaban J connectivity index is 1.49. The highest BCUT2D eigenvalue weighted by Crippen LogP contribution is 2.67. The Labute approximate surface area is 180 Å². The third-order valence-corrected chi connectivity index (χ3v) is 10.6. The zero-order valence-corrected chi connectivity index (χ0v) is 20.0. The molecule has 4 aliphatic carbocycles. The van der Waals surface area contributed by atoms with Crippen molar-refractivity contribution in [2.75, 3.05) is 0 Å². The van der Waals surface area contributed by atoms with Crippen molar-refractivity contribution in [2.45, 2.75) is 111 Å². The summed E-state index contributed by atoms with van der Waals surface area (Å²) >= 11 is 6.56. The third-order valence-electron chi connectivity index (χ3n) is 10.2. The highest BCUT2D eigenvalue weighted by atomic mass is 35.5. The van der Waals surface area contributed by atoms with Crippen LogP contribution in [-0.4, -0.2) is 5.38 Å². The van der Waals surface area contributed by atoms with Crippen molar-refractivity contribution >= 4 is 11.6 Å². The predicted molar refractivity (Wildman–Crippen MR) is 123 cm³/mol. The fourth-order valence-electron chi connectivity index (χ4n) is 8.64. The fourth-order valence-corrected chi connectivity index (χ4v) is 8.92. The van der Waals surface area contributed by atoms with Crippen LogP contribution in [0.1, 0.15) is 105 Å². The molecule has 3 saturated carbocycles. The minimum Gasteiger partial charge on any atom is -0.123 e. The van der Waals surface area contributed by atoms with Gasteiger partial charge in [-0.2, -0.15) is 0 Å². The van der Waals surface area contributed by atoms with Crippen LogP contribution in [0.3, 0.4) is 0 Å². The SMILES string of the molecule is CC(C)CCC[C@@H](C)[C@@H]1CC[C@H]2[C@H]3CC=C4C[C@@H](Cl)CC[C@]4(C)[C@@H]3CC[C@@]21C. The van der Waals surface area contributed by atoms with Gasteiger partial charge in [0.05, 0.1) is 0 Å². The van der Waals surface area contributed by atoms with E-state index in [1.807, 2.05) is 0 Å². The Bertz CT molecular complexity index is 591. The Morgan fingerprint density at radius 1 is 1.00 bits per heavy atom. The van der Waals surface area contributed by atoms with Crippen LogP contribution in [0.15, 0.2) is 11.6 Å². The smallest absolute Gasteiger partial charge is 0.0373 e. The number of hydrogen-bond acceptors (Lipinski definition) is 0. The van der Waals surface area contributed by atoms with Crippen molar-refractivity contribution < 1.29 is 0 Å². The van der Waals surface area contributed by atoms with Crippen LogP contribution >= 0.6 is 11.6 Å². The summed E-state index contributed by atoms with van der Waals surface area (Å²) in [6.07, 6.45) is 18.0. The first kappa shape index (κ1) is 21.3. The van der Waals surface area contributed by atoms with Crippen molar-refractivity contribution in [3.63, 3.8) is 0 Å². The molecule has 0 amide bonds. The van der Waals surface area contributed by atoms with E-state index in [1.165, 1.54) is 70.6 Å². The summed E-state index contributed by atoms with van der Waals surface area (Å²) in [5.41, 5.74) is 2.82. The second-order valence-corrected chi connectivity index (χ2v) is 12.7. The van der Waals surface area contributed by atoms with Gasteiger partial charge in [-0.05, 0) is 97.7 Å². The highest BCUT2D eigenvalue weighted by molar-refractivity contribution is 6.20. The molecule has 0 aromatic rings. The van der Waals surface area contributed by atoms with Crippen molar-refractivity contribution in [3.05, 3.63) is 11.6 Å². The van der Waals surface area contributed by atoms with Crippen LogP contribution < -0.4 is 0 Å². The first-order valence-corrected chi connectivity index (χ1v) is 13.0. The van der Waals surface area contributed by atoms with Crippen molar-refractivity contribution in [3.8, 4) is 0 Å². The summed E-state index contributed by atoms with van der Waals surface area (Å²) in [7, 11) is 0. The van der Waals surface area contributed by atoms with E-state index in [4.69, 9.17) is 11.6 Å². The maximum atomic E-state index is 6.56. The van der Waals surface area contributed by atoms with E-state index < -0.39 is 0 Å². The lowest BCUT2D eigenvalue weighted by Gasteiger charge is -2.58. The van der Waals surface area contributed by atoms with E-state index in [2.05, 4.69) is 40.7 Å². The molecule has 0 unspecified atom stereocenters. The van der Waals surface area contributed by atoms with Gasteiger partial charge in [-0.15, -0.1) is 11.6 Å². The molecule has 4 aliphatic rings. The van der Waals surface area contributed by atoms with E-state index in [9.17, 15) is 0 Å². The third kappa shape index (κ3) is 3.52. The molecule has 0 aliphatic heterocycles. The van der Waals surface area contributed by atoms with E-state index >= 15 is 0 Å². The van der Waals surface area contributed by atoms with Gasteiger partial charge >= 0.3 is 0 Å². The summed E-state index contributed by atoms with van der Waals surface area (Å²) in [6.45, 7) is 12.7. The Morgan fingerprint density at radius 3 is 2.54 bits per heavy atom. The molecule has 0 radical (unpaired) electrons. The summed E-state index contributed by atoms with van der Waals surface area (Å²) in [4.78, 5) is 0. The molecule has 0 saturated heterocycles. The molecule has 0 spiro atoms. The molecule has 4 rings (SSSR count). The van der Waals surface area contributed by atoms with Gasteiger partial charge < -0.3 is 0 Å². The second kappa shape index (κ2) is 7.94. The molecular weight excluding hydrogens is 360 g/mol. The number of hydrogen-bond donors (Lipinski definition) is 0. The molecule has 0 heterocycles. The van der Waals surface area contributed by atoms with Gasteiger partial charge in [0.25, 0.3) is 0 Å². The standard InChI is InChI=1S/C27H45Cl/c1-18(2)7-6-8-19(3)23-11-12-24-22-10-9-20-17-21(28)13-15-26(20,4)25(22)14-16-27(23,24)5/h9,18-19,21-25H,6-8,10-17H2,1-5H3/t19-,21+,22-,23+,24+,25-,26+,27-/m1/s1. The van der Waals surface area contributed by atoms with E-state index in [0.717, 1.165) is 35.5 Å². The summed E-state index contributed by atoms with van der Waals surface area (Å²) < 4.78 is 0. The van der Waals surface area contributed by atoms with Gasteiger partial charge in [0.2, 0.25) is 0 Å². The first-order chi connectivity index (χ1) is 13.3. The summed E-state index contributed by atoms with van der Waals surface area (Å²) in [6, 6.07) is 0. The van der Waals surface area contributed by atoms with Gasteiger partial charge in [-0.3, -0.25) is 0 Å². The molecule has 0 nitrogen and oxygen atoms in total. The maximum absolute atomic E-state index is 6.56. The van der Waals surface area contributed by atoms with Gasteiger partial charge in [0, 0.05) is 5.38 Å². The minimum atomic E-state index is 0.396. The molecule has 0 aromatic heterocycles. The van der Waals surface area contributed by atoms with Crippen LogP contribution in [0, 0.1) is 46.3 Å². The van der Waals surface area contributed by atoms with Crippen LogP contribution in [0.4, 0.5) is 0 Å². The van der Waals surface area contributed by atoms with Crippen LogP contribution in [0.25, 0.3) is 0 Å². The van der Waals surface area contributed by atoms with Gasteiger partial charge in [-0.1, -0.05) is 65.5 Å². The Kier molecular flexibility index (Phi) is 6.03. The first-order valence-electron chi connectivity index (χ1n) is 12.6. The topological polar surface area (TPSA) is 0 Å². The van der Waals surface area contributed by atoms with Crippen molar-refractivity contribution in [1.82, 2.24) is 0 Å². The number of fused-ring (bicyclic) bond motifs is 5. The molecular formula is C27H45Cl. The minimum absolute atomic E-state index is 0.396. The quantitative estimate of drug-likeness (QED) is 0.317. The van der Waals surface area contributed by atoms with Crippen LogP contribution in [0.5, 0.6) is 0 Å². The van der Waals surface area contributed by atoms with Crippen molar-refractivity contribution in [2.24, 2.45) is 46.3 Å². The lowest BCUT2D eigenvalue weighted by atomic mass is 9.47. The predicted octanol–water partition coefficient (Wildman–Crippen LogP) is 8.64. The average molecular weight is 405 g/mol. The number of rotatable bonds is 5. The number of halogens is 1. The molecule has 0 bridgehead atoms. The molecule has 0 aromatic carbocycles. The molecule has 160 valence electrons. The summed E-state index contributed by atoms with van der Waals surface area (Å²) in [5, 5.41) is 0.396. The van der Waals surface area contributed by atoms with Crippen LogP contribution in [0.2, 0.25) is 0 Å².